The van der Waals surface area contributed by atoms with Gasteiger partial charge in [-0.1, -0.05) is 18.2 Å². The largest absolute Gasteiger partial charge is 0.497 e. The number of methoxy groups -OCH3 is 2. The molecule has 30 heavy (non-hydrogen) atoms. The van der Waals surface area contributed by atoms with Gasteiger partial charge in [0.25, 0.3) is 5.91 Å². The molecule has 0 fully saturated rings. The van der Waals surface area contributed by atoms with Crippen molar-refractivity contribution >= 4 is 22.7 Å². The van der Waals surface area contributed by atoms with Crippen molar-refractivity contribution in [3.8, 4) is 28.7 Å². The number of nitrogens with one attached hydrogen (secondary N) is 1. The summed E-state index contributed by atoms with van der Waals surface area (Å²) in [4.78, 5) is 16.8. The number of para-hydroxylation sites is 2. The van der Waals surface area contributed by atoms with E-state index in [1.165, 1.54) is 0 Å². The number of nitrogens with zero attached hydrogens (tertiary/aromatic N) is 1. The van der Waals surface area contributed by atoms with Crippen LogP contribution in [-0.4, -0.2) is 31.7 Å². The van der Waals surface area contributed by atoms with Crippen LogP contribution in [0.4, 0.5) is 5.69 Å². The molecule has 0 unspecified atom stereocenters. The number of fused-ring (bicyclic) bond motifs is 1. The zero-order chi connectivity index (χ0) is 20.9. The first-order chi connectivity index (χ1) is 14.7. The number of hydrogen-bond donors (Lipinski definition) is 1. The van der Waals surface area contributed by atoms with Gasteiger partial charge in [-0.05, 0) is 42.5 Å². The molecule has 0 aliphatic rings. The lowest BCUT2D eigenvalue weighted by atomic mass is 10.2. The molecule has 4 aromatic rings. The molecular formula is C23H20N2O5. The van der Waals surface area contributed by atoms with Gasteiger partial charge in [-0.2, -0.15) is 0 Å². The highest BCUT2D eigenvalue weighted by Crippen LogP contribution is 2.29. The number of carbonyl (C=O) groups excluding carboxylic acids is 1. The maximum atomic E-state index is 12.3. The second-order valence-corrected chi connectivity index (χ2v) is 6.42. The minimum Gasteiger partial charge on any atom is -0.497 e. The zero-order valence-corrected chi connectivity index (χ0v) is 16.5. The van der Waals surface area contributed by atoms with E-state index in [-0.39, 0.29) is 12.5 Å². The lowest BCUT2D eigenvalue weighted by Crippen LogP contribution is -2.20. The smallest absolute Gasteiger partial charge is 0.262 e. The second-order valence-electron chi connectivity index (χ2n) is 6.42. The Hall–Kier alpha value is -4.00. The molecule has 152 valence electrons. The normalized spacial score (nSPS) is 10.6. The van der Waals surface area contributed by atoms with Crippen LogP contribution in [-0.2, 0) is 4.79 Å². The summed E-state index contributed by atoms with van der Waals surface area (Å²) in [5, 5.41) is 2.80. The van der Waals surface area contributed by atoms with Gasteiger partial charge in [0.2, 0.25) is 5.89 Å². The van der Waals surface area contributed by atoms with E-state index >= 15 is 0 Å². The average Bonchev–Trinajstić information content (AvgIpc) is 3.21. The standard InChI is InChI=1S/C23H20N2O5/c1-27-17-7-5-6-15(12-17)23-25-18-11-10-16(13-21(18)30-23)24-22(26)14-29-20-9-4-3-8-19(20)28-2/h3-13H,14H2,1-2H3,(H,24,26). The van der Waals surface area contributed by atoms with Gasteiger partial charge in [0, 0.05) is 17.3 Å². The maximum Gasteiger partial charge on any atom is 0.262 e. The fourth-order valence-corrected chi connectivity index (χ4v) is 2.96. The minimum absolute atomic E-state index is 0.149. The van der Waals surface area contributed by atoms with E-state index in [2.05, 4.69) is 10.3 Å². The molecule has 0 radical (unpaired) electrons. The van der Waals surface area contributed by atoms with Crippen LogP contribution in [0.3, 0.4) is 0 Å². The SMILES string of the molecule is COc1cccc(-c2nc3ccc(NC(=O)COc4ccccc4OC)cc3o2)c1. The first kappa shape index (κ1) is 19.3. The Morgan fingerprint density at radius 2 is 1.80 bits per heavy atom. The van der Waals surface area contributed by atoms with E-state index in [1.54, 1.807) is 44.6 Å². The number of oxazole rings is 1. The van der Waals surface area contributed by atoms with Crippen LogP contribution in [0.5, 0.6) is 17.2 Å². The summed E-state index contributed by atoms with van der Waals surface area (Å²) in [6.07, 6.45) is 0. The van der Waals surface area contributed by atoms with Crippen molar-refractivity contribution in [2.24, 2.45) is 0 Å². The summed E-state index contributed by atoms with van der Waals surface area (Å²) < 4.78 is 21.9. The Morgan fingerprint density at radius 1 is 0.967 bits per heavy atom. The van der Waals surface area contributed by atoms with Crippen LogP contribution >= 0.6 is 0 Å². The van der Waals surface area contributed by atoms with Crippen molar-refractivity contribution in [2.45, 2.75) is 0 Å². The van der Waals surface area contributed by atoms with Gasteiger partial charge >= 0.3 is 0 Å². The van der Waals surface area contributed by atoms with Gasteiger partial charge < -0.3 is 23.9 Å². The predicted octanol–water partition coefficient (Wildman–Crippen LogP) is 4.53. The Bertz CT molecular complexity index is 1190. The third-order valence-electron chi connectivity index (χ3n) is 4.42. The summed E-state index contributed by atoms with van der Waals surface area (Å²) in [6.45, 7) is -0.149. The van der Waals surface area contributed by atoms with E-state index < -0.39 is 0 Å². The van der Waals surface area contributed by atoms with Gasteiger partial charge in [0.05, 0.1) is 14.2 Å². The molecule has 0 aliphatic carbocycles. The number of anilines is 1. The third-order valence-corrected chi connectivity index (χ3v) is 4.42. The van der Waals surface area contributed by atoms with Crippen molar-refractivity contribution in [3.63, 3.8) is 0 Å². The summed E-state index contributed by atoms with van der Waals surface area (Å²) in [5.74, 6) is 1.97. The van der Waals surface area contributed by atoms with Gasteiger partial charge in [-0.3, -0.25) is 4.79 Å². The fourth-order valence-electron chi connectivity index (χ4n) is 2.96. The van der Waals surface area contributed by atoms with Gasteiger partial charge in [0.15, 0.2) is 23.7 Å². The van der Waals surface area contributed by atoms with E-state index in [0.717, 1.165) is 11.3 Å². The number of benzene rings is 3. The lowest BCUT2D eigenvalue weighted by Gasteiger charge is -2.10. The topological polar surface area (TPSA) is 82.8 Å². The molecule has 0 aliphatic heterocycles. The zero-order valence-electron chi connectivity index (χ0n) is 16.5. The monoisotopic (exact) mass is 404 g/mol. The van der Waals surface area contributed by atoms with Crippen LogP contribution < -0.4 is 19.5 Å². The van der Waals surface area contributed by atoms with Gasteiger partial charge in [-0.15, -0.1) is 0 Å². The van der Waals surface area contributed by atoms with Crippen LogP contribution in [0.2, 0.25) is 0 Å². The molecule has 0 atom stereocenters. The van der Waals surface area contributed by atoms with E-state index in [9.17, 15) is 4.79 Å². The summed E-state index contributed by atoms with van der Waals surface area (Å²) in [5.41, 5.74) is 2.65. The predicted molar refractivity (Wildman–Crippen MR) is 113 cm³/mol. The molecule has 3 aromatic carbocycles. The number of carbonyl (C=O) groups is 1. The molecular weight excluding hydrogens is 384 g/mol. The molecule has 0 bridgehead atoms. The molecule has 4 rings (SSSR count). The first-order valence-electron chi connectivity index (χ1n) is 9.27. The highest BCUT2D eigenvalue weighted by atomic mass is 16.5. The maximum absolute atomic E-state index is 12.3. The number of aromatic nitrogens is 1. The molecule has 1 amide bonds. The second kappa shape index (κ2) is 8.57. The molecule has 0 saturated heterocycles. The highest BCUT2D eigenvalue weighted by Gasteiger charge is 2.12. The molecule has 1 aromatic heterocycles. The van der Waals surface area contributed by atoms with Crippen molar-refractivity contribution in [1.29, 1.82) is 0 Å². The van der Waals surface area contributed by atoms with E-state index in [4.69, 9.17) is 18.6 Å². The third kappa shape index (κ3) is 4.20. The highest BCUT2D eigenvalue weighted by molar-refractivity contribution is 5.94. The summed E-state index contributed by atoms with van der Waals surface area (Å²) in [6, 6.07) is 19.9. The molecule has 0 saturated carbocycles. The van der Waals surface area contributed by atoms with E-state index in [0.29, 0.717) is 34.2 Å². The molecule has 7 heteroatoms. The Labute approximate surface area is 173 Å². The minimum atomic E-state index is -0.298. The lowest BCUT2D eigenvalue weighted by molar-refractivity contribution is -0.118. The fraction of sp³-hybridized carbons (Fsp3) is 0.130. The van der Waals surface area contributed by atoms with E-state index in [1.807, 2.05) is 36.4 Å². The molecule has 0 spiro atoms. The quantitative estimate of drug-likeness (QED) is 0.487. The van der Waals surface area contributed by atoms with Crippen molar-refractivity contribution in [3.05, 3.63) is 66.7 Å². The Balaban J connectivity index is 1.46. The van der Waals surface area contributed by atoms with Crippen molar-refractivity contribution < 1.29 is 23.4 Å². The Kier molecular flexibility index (Phi) is 5.52. The number of amides is 1. The first-order valence-corrected chi connectivity index (χ1v) is 9.27. The van der Waals surface area contributed by atoms with Crippen LogP contribution in [0.1, 0.15) is 0 Å². The molecule has 1 N–H and O–H groups in total. The van der Waals surface area contributed by atoms with Crippen LogP contribution in [0.25, 0.3) is 22.6 Å². The summed E-state index contributed by atoms with van der Waals surface area (Å²) in [7, 11) is 3.16. The number of ether oxygens (including phenoxy) is 3. The van der Waals surface area contributed by atoms with Gasteiger partial charge in [-0.25, -0.2) is 4.98 Å². The van der Waals surface area contributed by atoms with Crippen molar-refractivity contribution in [2.75, 3.05) is 26.1 Å². The summed E-state index contributed by atoms with van der Waals surface area (Å²) >= 11 is 0. The molecule has 1 heterocycles. The van der Waals surface area contributed by atoms with Gasteiger partial charge in [0.1, 0.15) is 11.3 Å². The van der Waals surface area contributed by atoms with Crippen LogP contribution in [0, 0.1) is 0 Å². The van der Waals surface area contributed by atoms with Crippen molar-refractivity contribution in [1.82, 2.24) is 4.98 Å². The number of hydrogen-bond acceptors (Lipinski definition) is 6. The molecule has 7 nitrogen and oxygen atoms in total. The average molecular weight is 404 g/mol. The Morgan fingerprint density at radius 3 is 2.60 bits per heavy atom. The van der Waals surface area contributed by atoms with Crippen LogP contribution in [0.15, 0.2) is 71.1 Å². The number of rotatable bonds is 7.